The van der Waals surface area contributed by atoms with E-state index in [2.05, 4.69) is 29.9 Å². The van der Waals surface area contributed by atoms with Crippen molar-refractivity contribution in [2.45, 2.75) is 13.8 Å². The zero-order valence-corrected chi connectivity index (χ0v) is 16.8. The van der Waals surface area contributed by atoms with Gasteiger partial charge in [-0.3, -0.25) is 0 Å². The highest BCUT2D eigenvalue weighted by atomic mass is 16.5. The Hall–Kier alpha value is -3.75. The summed E-state index contributed by atoms with van der Waals surface area (Å²) in [5.41, 5.74) is 3.29. The van der Waals surface area contributed by atoms with Crippen LogP contribution >= 0.6 is 0 Å². The van der Waals surface area contributed by atoms with Crippen LogP contribution in [0.2, 0.25) is 0 Å². The van der Waals surface area contributed by atoms with E-state index in [1.165, 1.54) is 0 Å². The van der Waals surface area contributed by atoms with E-state index in [0.29, 0.717) is 11.7 Å². The summed E-state index contributed by atoms with van der Waals surface area (Å²) >= 11 is 0. The minimum Gasteiger partial charge on any atom is -0.469 e. The molecule has 5 rings (SSSR count). The van der Waals surface area contributed by atoms with Crippen LogP contribution in [0, 0.1) is 13.8 Å². The lowest BCUT2D eigenvalue weighted by Crippen LogP contribution is -2.47. The smallest absolute Gasteiger partial charge is 0.226 e. The van der Waals surface area contributed by atoms with Crippen molar-refractivity contribution in [3.8, 4) is 22.6 Å². The number of hydrogen-bond acceptors (Lipinski definition) is 9. The summed E-state index contributed by atoms with van der Waals surface area (Å²) in [5, 5.41) is 4.01. The van der Waals surface area contributed by atoms with Crippen molar-refractivity contribution >= 4 is 11.9 Å². The van der Waals surface area contributed by atoms with Crippen LogP contribution in [-0.2, 0) is 0 Å². The molecule has 0 N–H and O–H groups in total. The Balaban J connectivity index is 1.45. The Bertz CT molecular complexity index is 1150. The van der Waals surface area contributed by atoms with Crippen molar-refractivity contribution in [1.29, 1.82) is 0 Å². The summed E-state index contributed by atoms with van der Waals surface area (Å²) in [6.07, 6.45) is 7.00. The molecule has 30 heavy (non-hydrogen) atoms. The Morgan fingerprint density at radius 1 is 0.900 bits per heavy atom. The van der Waals surface area contributed by atoms with Crippen molar-refractivity contribution in [2.75, 3.05) is 36.0 Å². The average Bonchev–Trinajstić information content (AvgIpc) is 3.42. The molecule has 152 valence electrons. The number of furan rings is 1. The van der Waals surface area contributed by atoms with Crippen LogP contribution in [0.15, 0.2) is 52.0 Å². The fraction of sp³-hybridized carbons (Fsp3) is 0.286. The predicted octanol–water partition coefficient (Wildman–Crippen LogP) is 3.13. The van der Waals surface area contributed by atoms with Gasteiger partial charge in [0.15, 0.2) is 5.76 Å². The van der Waals surface area contributed by atoms with Gasteiger partial charge in [0.2, 0.25) is 11.9 Å². The van der Waals surface area contributed by atoms with Crippen molar-refractivity contribution in [3.05, 3.63) is 54.5 Å². The number of rotatable bonds is 4. The van der Waals surface area contributed by atoms with Gasteiger partial charge in [0.05, 0.1) is 23.2 Å². The summed E-state index contributed by atoms with van der Waals surface area (Å²) in [5.74, 6) is 2.87. The molecule has 0 unspecified atom stereocenters. The second-order valence-electron chi connectivity index (χ2n) is 7.18. The third kappa shape index (κ3) is 3.38. The maximum absolute atomic E-state index is 5.52. The fourth-order valence-corrected chi connectivity index (χ4v) is 3.59. The van der Waals surface area contributed by atoms with Gasteiger partial charge in [0, 0.05) is 56.4 Å². The molecule has 4 aromatic heterocycles. The van der Waals surface area contributed by atoms with Gasteiger partial charge < -0.3 is 18.7 Å². The van der Waals surface area contributed by atoms with Crippen LogP contribution in [0.5, 0.6) is 0 Å². The van der Waals surface area contributed by atoms with Crippen LogP contribution in [0.1, 0.15) is 11.5 Å². The van der Waals surface area contributed by atoms with Gasteiger partial charge in [-0.2, -0.15) is 0 Å². The molecule has 4 aromatic rings. The SMILES string of the molecule is Cc1cc(-c2cnc(N3CCN(c4ncccn4)CC3)nc2-c2ccoc2C)on1. The topological polar surface area (TPSA) is 97.2 Å². The zero-order chi connectivity index (χ0) is 20.5. The van der Waals surface area contributed by atoms with E-state index in [1.807, 2.05) is 32.0 Å². The molecule has 1 aliphatic rings. The summed E-state index contributed by atoms with van der Waals surface area (Å²) < 4.78 is 11.0. The third-order valence-corrected chi connectivity index (χ3v) is 5.18. The second-order valence-corrected chi connectivity index (χ2v) is 7.18. The minimum atomic E-state index is 0.640. The molecule has 0 saturated carbocycles. The molecule has 0 atom stereocenters. The van der Waals surface area contributed by atoms with Gasteiger partial charge in [0.25, 0.3) is 0 Å². The maximum Gasteiger partial charge on any atom is 0.226 e. The lowest BCUT2D eigenvalue weighted by molar-refractivity contribution is 0.427. The Morgan fingerprint density at radius 3 is 2.27 bits per heavy atom. The number of aromatic nitrogens is 5. The molecule has 5 heterocycles. The summed E-state index contributed by atoms with van der Waals surface area (Å²) in [6, 6.07) is 5.62. The lowest BCUT2D eigenvalue weighted by atomic mass is 10.1. The summed E-state index contributed by atoms with van der Waals surface area (Å²) in [4.78, 5) is 22.6. The molecular weight excluding hydrogens is 382 g/mol. The number of piperazine rings is 1. The van der Waals surface area contributed by atoms with E-state index in [9.17, 15) is 0 Å². The van der Waals surface area contributed by atoms with Crippen LogP contribution in [0.3, 0.4) is 0 Å². The highest BCUT2D eigenvalue weighted by molar-refractivity contribution is 5.79. The van der Waals surface area contributed by atoms with Crippen molar-refractivity contribution < 1.29 is 8.94 Å². The van der Waals surface area contributed by atoms with Crippen LogP contribution in [-0.4, -0.2) is 51.3 Å². The first-order valence-corrected chi connectivity index (χ1v) is 9.81. The standard InChI is InChI=1S/C21H21N7O2/c1-14-12-18(30-26-14)17-13-24-21(25-19(17)16-4-11-29-15(16)2)28-9-7-27(8-10-28)20-22-5-3-6-23-20/h3-6,11-13H,7-10H2,1-2H3. The van der Waals surface area contributed by atoms with E-state index in [-0.39, 0.29) is 0 Å². The van der Waals surface area contributed by atoms with Crippen molar-refractivity contribution in [1.82, 2.24) is 25.1 Å². The van der Waals surface area contributed by atoms with E-state index in [4.69, 9.17) is 13.9 Å². The van der Waals surface area contributed by atoms with Crippen LogP contribution < -0.4 is 9.80 Å². The highest BCUT2D eigenvalue weighted by Gasteiger charge is 2.23. The molecule has 1 fully saturated rings. The first-order chi connectivity index (χ1) is 14.7. The molecule has 0 spiro atoms. The normalized spacial score (nSPS) is 14.3. The third-order valence-electron chi connectivity index (χ3n) is 5.18. The first-order valence-electron chi connectivity index (χ1n) is 9.81. The highest BCUT2D eigenvalue weighted by Crippen LogP contribution is 2.34. The Morgan fingerprint density at radius 2 is 1.63 bits per heavy atom. The lowest BCUT2D eigenvalue weighted by Gasteiger charge is -2.34. The van der Waals surface area contributed by atoms with E-state index in [1.54, 1.807) is 24.9 Å². The van der Waals surface area contributed by atoms with E-state index < -0.39 is 0 Å². The number of aryl methyl sites for hydroxylation is 2. The molecule has 0 radical (unpaired) electrons. The number of anilines is 2. The quantitative estimate of drug-likeness (QED) is 0.509. The maximum atomic E-state index is 5.52. The van der Waals surface area contributed by atoms with Gasteiger partial charge >= 0.3 is 0 Å². The molecule has 0 amide bonds. The molecule has 0 bridgehead atoms. The van der Waals surface area contributed by atoms with E-state index in [0.717, 1.165) is 60.4 Å². The molecule has 1 aliphatic heterocycles. The van der Waals surface area contributed by atoms with E-state index >= 15 is 0 Å². The number of nitrogens with zero attached hydrogens (tertiary/aromatic N) is 7. The predicted molar refractivity (Wildman–Crippen MR) is 111 cm³/mol. The second kappa shape index (κ2) is 7.58. The van der Waals surface area contributed by atoms with Gasteiger partial charge in [-0.05, 0) is 26.0 Å². The van der Waals surface area contributed by atoms with Crippen LogP contribution in [0.25, 0.3) is 22.6 Å². The van der Waals surface area contributed by atoms with Gasteiger partial charge in [-0.15, -0.1) is 0 Å². The Labute approximate surface area is 173 Å². The van der Waals surface area contributed by atoms with Crippen molar-refractivity contribution in [3.63, 3.8) is 0 Å². The molecular formula is C21H21N7O2. The first kappa shape index (κ1) is 18.3. The monoisotopic (exact) mass is 403 g/mol. The van der Waals surface area contributed by atoms with Crippen molar-refractivity contribution in [2.24, 2.45) is 0 Å². The zero-order valence-electron chi connectivity index (χ0n) is 16.8. The van der Waals surface area contributed by atoms with Gasteiger partial charge in [0.1, 0.15) is 5.76 Å². The molecule has 1 saturated heterocycles. The molecule has 9 nitrogen and oxygen atoms in total. The van der Waals surface area contributed by atoms with Crippen LogP contribution in [0.4, 0.5) is 11.9 Å². The molecule has 0 aliphatic carbocycles. The minimum absolute atomic E-state index is 0.640. The summed E-state index contributed by atoms with van der Waals surface area (Å²) in [6.45, 7) is 6.98. The number of hydrogen-bond donors (Lipinski definition) is 0. The average molecular weight is 403 g/mol. The summed E-state index contributed by atoms with van der Waals surface area (Å²) in [7, 11) is 0. The van der Waals surface area contributed by atoms with Gasteiger partial charge in [-0.1, -0.05) is 5.16 Å². The van der Waals surface area contributed by atoms with Gasteiger partial charge in [-0.25, -0.2) is 19.9 Å². The molecule has 9 heteroatoms. The molecule has 0 aromatic carbocycles. The fourth-order valence-electron chi connectivity index (χ4n) is 3.59. The largest absolute Gasteiger partial charge is 0.469 e. The Kier molecular flexibility index (Phi) is 4.62.